The lowest BCUT2D eigenvalue weighted by molar-refractivity contribution is 0.0378. The predicted molar refractivity (Wildman–Crippen MR) is 103 cm³/mol. The van der Waals surface area contributed by atoms with Crippen LogP contribution in [0.15, 0.2) is 48.5 Å². The Balaban J connectivity index is 1.98. The maximum atomic E-state index is 11.8. The molecule has 0 aliphatic carbocycles. The van der Waals surface area contributed by atoms with E-state index in [1.807, 2.05) is 32.0 Å². The summed E-state index contributed by atoms with van der Waals surface area (Å²) in [6.45, 7) is 5.75. The number of aryl methyl sites for hydroxylation is 1. The highest BCUT2D eigenvalue weighted by atomic mass is 32.1. The second-order valence-electron chi connectivity index (χ2n) is 5.62. The highest BCUT2D eigenvalue weighted by Crippen LogP contribution is 2.17. The lowest BCUT2D eigenvalue weighted by Gasteiger charge is -2.13. The zero-order valence-electron chi connectivity index (χ0n) is 14.1. The fourth-order valence-electron chi connectivity index (χ4n) is 2.21. The van der Waals surface area contributed by atoms with Gasteiger partial charge >= 0.3 is 5.97 Å². The van der Waals surface area contributed by atoms with E-state index in [1.165, 1.54) is 5.56 Å². The van der Waals surface area contributed by atoms with Crippen LogP contribution in [0.1, 0.15) is 36.7 Å². The summed E-state index contributed by atoms with van der Waals surface area (Å²) in [6.07, 6.45) is 0.795. The van der Waals surface area contributed by atoms with Crippen LogP contribution in [-0.2, 0) is 11.2 Å². The van der Waals surface area contributed by atoms with Gasteiger partial charge in [-0.3, -0.25) is 0 Å². The van der Waals surface area contributed by atoms with Gasteiger partial charge in [0.05, 0.1) is 11.7 Å². The molecule has 0 aromatic heterocycles. The number of carbonyl (C=O) groups excluding carboxylic acids is 1. The van der Waals surface area contributed by atoms with E-state index in [2.05, 4.69) is 23.6 Å². The highest BCUT2D eigenvalue weighted by Gasteiger charge is 2.09. The second-order valence-corrected chi connectivity index (χ2v) is 6.03. The molecule has 126 valence electrons. The minimum Gasteiger partial charge on any atom is -0.459 e. The average molecular weight is 342 g/mol. The molecule has 2 N–H and O–H groups in total. The largest absolute Gasteiger partial charge is 0.459 e. The van der Waals surface area contributed by atoms with Crippen LogP contribution in [0, 0.1) is 0 Å². The van der Waals surface area contributed by atoms with Crippen molar-refractivity contribution in [2.75, 3.05) is 10.6 Å². The minimum atomic E-state index is -0.325. The van der Waals surface area contributed by atoms with E-state index in [-0.39, 0.29) is 12.1 Å². The number of anilines is 2. The summed E-state index contributed by atoms with van der Waals surface area (Å²) in [7, 11) is 0. The smallest absolute Gasteiger partial charge is 0.338 e. The third-order valence-electron chi connectivity index (χ3n) is 3.37. The van der Waals surface area contributed by atoms with Crippen LogP contribution in [0.3, 0.4) is 0 Å². The number of ether oxygens (including phenoxy) is 1. The molecule has 0 saturated heterocycles. The molecule has 0 heterocycles. The Morgan fingerprint density at radius 3 is 2.38 bits per heavy atom. The molecule has 0 saturated carbocycles. The summed E-state index contributed by atoms with van der Waals surface area (Å²) < 4.78 is 5.16. The first-order valence-corrected chi connectivity index (χ1v) is 8.37. The van der Waals surface area contributed by atoms with E-state index >= 15 is 0 Å². The molecule has 4 nitrogen and oxygen atoms in total. The fourth-order valence-corrected chi connectivity index (χ4v) is 2.43. The molecule has 2 aromatic rings. The summed E-state index contributed by atoms with van der Waals surface area (Å²) in [6, 6.07) is 15.1. The molecule has 0 spiro atoms. The van der Waals surface area contributed by atoms with Crippen molar-refractivity contribution in [1.29, 1.82) is 0 Å². The number of nitrogens with one attached hydrogen (secondary N) is 2. The van der Waals surface area contributed by atoms with Crippen molar-refractivity contribution in [2.45, 2.75) is 33.3 Å². The Morgan fingerprint density at radius 2 is 1.75 bits per heavy atom. The average Bonchev–Trinajstić information content (AvgIpc) is 2.55. The molecule has 0 radical (unpaired) electrons. The summed E-state index contributed by atoms with van der Waals surface area (Å²) in [5.74, 6) is -0.325. The fraction of sp³-hybridized carbons (Fsp3) is 0.263. The molecule has 5 heteroatoms. The first-order valence-electron chi connectivity index (χ1n) is 7.96. The van der Waals surface area contributed by atoms with E-state index < -0.39 is 0 Å². The Labute approximate surface area is 148 Å². The zero-order valence-corrected chi connectivity index (χ0v) is 14.9. The van der Waals surface area contributed by atoms with E-state index in [1.54, 1.807) is 24.3 Å². The van der Waals surface area contributed by atoms with Crippen molar-refractivity contribution < 1.29 is 9.53 Å². The Hall–Kier alpha value is -2.40. The van der Waals surface area contributed by atoms with Crippen LogP contribution >= 0.6 is 12.2 Å². The molecule has 0 amide bonds. The molecule has 24 heavy (non-hydrogen) atoms. The topological polar surface area (TPSA) is 50.4 Å². The van der Waals surface area contributed by atoms with Crippen LogP contribution in [0.5, 0.6) is 0 Å². The van der Waals surface area contributed by atoms with E-state index in [4.69, 9.17) is 17.0 Å². The van der Waals surface area contributed by atoms with Gasteiger partial charge in [0, 0.05) is 11.4 Å². The molecule has 2 aromatic carbocycles. The molecule has 0 fully saturated rings. The van der Waals surface area contributed by atoms with Gasteiger partial charge in [0.15, 0.2) is 5.11 Å². The Kier molecular flexibility index (Phi) is 6.32. The SMILES string of the molecule is CCc1ccccc1NC(=S)Nc1ccc(C(=O)OC(C)C)cc1. The van der Waals surface area contributed by atoms with E-state index in [0.29, 0.717) is 10.7 Å². The molecule has 0 aliphatic rings. The molecular weight excluding hydrogens is 320 g/mol. The third-order valence-corrected chi connectivity index (χ3v) is 3.57. The number of benzene rings is 2. The quantitative estimate of drug-likeness (QED) is 0.613. The van der Waals surface area contributed by atoms with Crippen LogP contribution in [0.4, 0.5) is 11.4 Å². The maximum absolute atomic E-state index is 11.8. The Bertz CT molecular complexity index is 712. The van der Waals surface area contributed by atoms with Gasteiger partial charge in [0.1, 0.15) is 0 Å². The van der Waals surface area contributed by atoms with Gasteiger partial charge in [-0.1, -0.05) is 25.1 Å². The van der Waals surface area contributed by atoms with Crippen LogP contribution in [0.2, 0.25) is 0 Å². The number of carbonyl (C=O) groups is 1. The number of esters is 1. The van der Waals surface area contributed by atoms with Crippen molar-refractivity contribution >= 4 is 34.7 Å². The van der Waals surface area contributed by atoms with Crippen LogP contribution < -0.4 is 10.6 Å². The number of rotatable bonds is 5. The van der Waals surface area contributed by atoms with Gasteiger partial charge in [-0.05, 0) is 68.4 Å². The van der Waals surface area contributed by atoms with Gasteiger partial charge in [0.2, 0.25) is 0 Å². The maximum Gasteiger partial charge on any atom is 0.338 e. The molecule has 2 rings (SSSR count). The Morgan fingerprint density at radius 1 is 1.08 bits per heavy atom. The van der Waals surface area contributed by atoms with E-state index in [0.717, 1.165) is 17.8 Å². The summed E-state index contributed by atoms with van der Waals surface area (Å²) in [5, 5.41) is 6.83. The normalized spacial score (nSPS) is 10.3. The zero-order chi connectivity index (χ0) is 17.5. The molecule has 0 atom stereocenters. The van der Waals surface area contributed by atoms with Crippen molar-refractivity contribution in [3.05, 3.63) is 59.7 Å². The van der Waals surface area contributed by atoms with Gasteiger partial charge < -0.3 is 15.4 Å². The lowest BCUT2D eigenvalue weighted by Crippen LogP contribution is -2.20. The number of para-hydroxylation sites is 1. The first-order chi connectivity index (χ1) is 11.5. The van der Waals surface area contributed by atoms with Gasteiger partial charge in [-0.25, -0.2) is 4.79 Å². The third kappa shape index (κ3) is 5.06. The number of thiocarbonyl (C=S) groups is 1. The van der Waals surface area contributed by atoms with Gasteiger partial charge in [-0.2, -0.15) is 0 Å². The summed E-state index contributed by atoms with van der Waals surface area (Å²) >= 11 is 5.35. The molecule has 0 bridgehead atoms. The van der Waals surface area contributed by atoms with Crippen LogP contribution in [0.25, 0.3) is 0 Å². The first kappa shape index (κ1) is 17.9. The lowest BCUT2D eigenvalue weighted by atomic mass is 10.1. The van der Waals surface area contributed by atoms with Crippen LogP contribution in [-0.4, -0.2) is 17.2 Å². The van der Waals surface area contributed by atoms with E-state index in [9.17, 15) is 4.79 Å². The number of hydrogen-bond acceptors (Lipinski definition) is 3. The monoisotopic (exact) mass is 342 g/mol. The van der Waals surface area contributed by atoms with Crippen molar-refractivity contribution in [2.24, 2.45) is 0 Å². The summed E-state index contributed by atoms with van der Waals surface area (Å²) in [4.78, 5) is 11.8. The minimum absolute atomic E-state index is 0.134. The highest BCUT2D eigenvalue weighted by molar-refractivity contribution is 7.80. The second kappa shape index (κ2) is 8.45. The molecular formula is C19H22N2O2S. The number of hydrogen-bond donors (Lipinski definition) is 2. The van der Waals surface area contributed by atoms with Gasteiger partial charge in [-0.15, -0.1) is 0 Å². The van der Waals surface area contributed by atoms with Crippen molar-refractivity contribution in [3.8, 4) is 0 Å². The molecule has 0 unspecified atom stereocenters. The van der Waals surface area contributed by atoms with Gasteiger partial charge in [0.25, 0.3) is 0 Å². The molecule has 0 aliphatic heterocycles. The standard InChI is InChI=1S/C19H22N2O2S/c1-4-14-7-5-6-8-17(14)21-19(24)20-16-11-9-15(10-12-16)18(22)23-13(2)3/h5-13H,4H2,1-3H3,(H2,20,21,24). The van der Waals surface area contributed by atoms with Crippen molar-refractivity contribution in [3.63, 3.8) is 0 Å². The summed E-state index contributed by atoms with van der Waals surface area (Å²) in [5.41, 5.74) is 3.52. The van der Waals surface area contributed by atoms with Crippen molar-refractivity contribution in [1.82, 2.24) is 0 Å². The predicted octanol–water partition coefficient (Wildman–Crippen LogP) is 4.62.